The number of anilines is 1. The lowest BCUT2D eigenvalue weighted by atomic mass is 10.1. The van der Waals surface area contributed by atoms with Crippen molar-refractivity contribution in [1.29, 1.82) is 5.26 Å². The summed E-state index contributed by atoms with van der Waals surface area (Å²) in [7, 11) is 0. The molecule has 2 heterocycles. The van der Waals surface area contributed by atoms with Crippen LogP contribution in [0.15, 0.2) is 70.8 Å². The van der Waals surface area contributed by atoms with Crippen molar-refractivity contribution in [3.05, 3.63) is 98.2 Å². The molecule has 1 amide bonds. The average molecular weight is 494 g/mol. The van der Waals surface area contributed by atoms with Crippen molar-refractivity contribution in [2.45, 2.75) is 13.3 Å². The number of nitriles is 1. The van der Waals surface area contributed by atoms with E-state index in [4.69, 9.17) is 27.6 Å². The zero-order valence-electron chi connectivity index (χ0n) is 17.4. The third-order valence-electron chi connectivity index (χ3n) is 4.81. The first-order valence-corrected chi connectivity index (χ1v) is 11.5. The molecule has 4 aromatic rings. The number of carbonyl (C=O) groups is 1. The summed E-state index contributed by atoms with van der Waals surface area (Å²) in [6.07, 6.45) is 3.73. The Morgan fingerprint density at radius 1 is 1.18 bits per heavy atom. The number of halogens is 2. The molecule has 0 aliphatic carbocycles. The third kappa shape index (κ3) is 5.52. The van der Waals surface area contributed by atoms with Crippen LogP contribution in [-0.4, -0.2) is 10.9 Å². The first-order chi connectivity index (χ1) is 15.9. The predicted octanol–water partition coefficient (Wildman–Crippen LogP) is 7.15. The summed E-state index contributed by atoms with van der Waals surface area (Å²) in [5, 5.41) is 13.8. The molecule has 0 atom stereocenters. The number of thiazole rings is 1. The van der Waals surface area contributed by atoms with E-state index in [1.54, 1.807) is 24.4 Å². The normalized spacial score (nSPS) is 11.3. The van der Waals surface area contributed by atoms with Crippen LogP contribution in [-0.2, 0) is 11.2 Å². The fourth-order valence-corrected chi connectivity index (χ4v) is 4.36. The van der Waals surface area contributed by atoms with Gasteiger partial charge in [-0.25, -0.2) is 4.98 Å². The maximum Gasteiger partial charge on any atom is 0.268 e. The standard InChI is InChI=1S/C25H17Cl2N3O2S/c1-15-6-7-16(11-22(15)27)10-19-14-29-25(33-19)30-24(31)17(13-28)12-18-8-9-23(32-18)20-4-2-3-5-21(20)26/h2-9,11-12,14H,10H2,1H3,(H,29,30,31)/b17-12+. The van der Waals surface area contributed by atoms with Crippen LogP contribution in [0, 0.1) is 18.3 Å². The van der Waals surface area contributed by atoms with Crippen molar-refractivity contribution in [2.75, 3.05) is 5.32 Å². The lowest BCUT2D eigenvalue weighted by molar-refractivity contribution is -0.112. The number of amides is 1. The molecule has 164 valence electrons. The number of rotatable bonds is 6. The molecule has 8 heteroatoms. The minimum Gasteiger partial charge on any atom is -0.457 e. The van der Waals surface area contributed by atoms with Crippen LogP contribution < -0.4 is 5.32 Å². The second-order valence-corrected chi connectivity index (χ2v) is 9.13. The molecule has 4 rings (SSSR count). The van der Waals surface area contributed by atoms with Gasteiger partial charge in [-0.1, -0.05) is 47.5 Å². The highest BCUT2D eigenvalue weighted by molar-refractivity contribution is 7.15. The van der Waals surface area contributed by atoms with Gasteiger partial charge in [0, 0.05) is 34.2 Å². The van der Waals surface area contributed by atoms with E-state index in [9.17, 15) is 10.1 Å². The van der Waals surface area contributed by atoms with Crippen LogP contribution >= 0.6 is 34.5 Å². The van der Waals surface area contributed by atoms with Crippen LogP contribution in [0.3, 0.4) is 0 Å². The van der Waals surface area contributed by atoms with Crippen LogP contribution in [0.2, 0.25) is 10.0 Å². The Morgan fingerprint density at radius 2 is 2.00 bits per heavy atom. The quantitative estimate of drug-likeness (QED) is 0.228. The molecule has 0 saturated heterocycles. The van der Waals surface area contributed by atoms with Gasteiger partial charge in [-0.05, 0) is 48.4 Å². The molecular weight excluding hydrogens is 477 g/mol. The largest absolute Gasteiger partial charge is 0.457 e. The van der Waals surface area contributed by atoms with Crippen molar-refractivity contribution in [1.82, 2.24) is 4.98 Å². The van der Waals surface area contributed by atoms with Gasteiger partial charge in [0.05, 0.1) is 5.02 Å². The molecule has 0 unspecified atom stereocenters. The van der Waals surface area contributed by atoms with Crippen molar-refractivity contribution < 1.29 is 9.21 Å². The topological polar surface area (TPSA) is 78.9 Å². The monoisotopic (exact) mass is 493 g/mol. The van der Waals surface area contributed by atoms with Gasteiger partial charge >= 0.3 is 0 Å². The number of aryl methyl sites for hydroxylation is 1. The van der Waals surface area contributed by atoms with Gasteiger partial charge in [0.2, 0.25) is 0 Å². The Balaban J connectivity index is 1.45. The van der Waals surface area contributed by atoms with Crippen LogP contribution in [0.5, 0.6) is 0 Å². The summed E-state index contributed by atoms with van der Waals surface area (Å²) in [6, 6.07) is 18.5. The SMILES string of the molecule is Cc1ccc(Cc2cnc(NC(=O)/C(C#N)=C/c3ccc(-c4ccccc4Cl)o3)s2)cc1Cl. The molecule has 0 fully saturated rings. The lowest BCUT2D eigenvalue weighted by Crippen LogP contribution is -2.13. The van der Waals surface area contributed by atoms with E-state index in [1.165, 1.54) is 17.4 Å². The first kappa shape index (κ1) is 22.8. The average Bonchev–Trinajstić information content (AvgIpc) is 3.44. The predicted molar refractivity (Wildman–Crippen MR) is 132 cm³/mol. The molecule has 0 radical (unpaired) electrons. The minimum absolute atomic E-state index is 0.0999. The number of benzene rings is 2. The number of carbonyl (C=O) groups excluding carboxylic acids is 1. The van der Waals surface area contributed by atoms with E-state index >= 15 is 0 Å². The number of hydrogen-bond donors (Lipinski definition) is 1. The van der Waals surface area contributed by atoms with Gasteiger partial charge in [-0.3, -0.25) is 10.1 Å². The van der Waals surface area contributed by atoms with E-state index in [0.717, 1.165) is 21.6 Å². The van der Waals surface area contributed by atoms with E-state index in [-0.39, 0.29) is 5.57 Å². The molecule has 2 aromatic carbocycles. The Morgan fingerprint density at radius 3 is 2.76 bits per heavy atom. The molecule has 33 heavy (non-hydrogen) atoms. The molecular formula is C25H17Cl2N3O2S. The van der Waals surface area contributed by atoms with E-state index < -0.39 is 5.91 Å². The fourth-order valence-electron chi connectivity index (χ4n) is 3.09. The van der Waals surface area contributed by atoms with Gasteiger partial charge < -0.3 is 4.42 Å². The number of furan rings is 1. The van der Waals surface area contributed by atoms with Gasteiger partial charge in [0.1, 0.15) is 23.2 Å². The molecule has 0 aliphatic rings. The number of aromatic nitrogens is 1. The van der Waals surface area contributed by atoms with Crippen molar-refractivity contribution in [3.8, 4) is 17.4 Å². The van der Waals surface area contributed by atoms with E-state index in [2.05, 4.69) is 10.3 Å². The lowest BCUT2D eigenvalue weighted by Gasteiger charge is -2.02. The number of nitrogens with zero attached hydrogens (tertiary/aromatic N) is 2. The van der Waals surface area contributed by atoms with Gasteiger partial charge in [-0.2, -0.15) is 5.26 Å². The summed E-state index contributed by atoms with van der Waals surface area (Å²) in [5.74, 6) is 0.352. The Kier molecular flexibility index (Phi) is 6.95. The zero-order chi connectivity index (χ0) is 23.4. The molecule has 2 aromatic heterocycles. The smallest absolute Gasteiger partial charge is 0.268 e. The molecule has 1 N–H and O–H groups in total. The first-order valence-electron chi connectivity index (χ1n) is 9.90. The minimum atomic E-state index is -0.563. The van der Waals surface area contributed by atoms with Crippen molar-refractivity contribution in [3.63, 3.8) is 0 Å². The second kappa shape index (κ2) is 10.1. The van der Waals surface area contributed by atoms with Crippen molar-refractivity contribution >= 4 is 51.7 Å². The molecule has 0 bridgehead atoms. The maximum atomic E-state index is 12.6. The third-order valence-corrected chi connectivity index (χ3v) is 6.46. The zero-order valence-corrected chi connectivity index (χ0v) is 19.8. The molecule has 0 aliphatic heterocycles. The summed E-state index contributed by atoms with van der Waals surface area (Å²) in [4.78, 5) is 17.8. The highest BCUT2D eigenvalue weighted by atomic mass is 35.5. The van der Waals surface area contributed by atoms with E-state index in [0.29, 0.717) is 33.1 Å². The van der Waals surface area contributed by atoms with Crippen LogP contribution in [0.4, 0.5) is 5.13 Å². The summed E-state index contributed by atoms with van der Waals surface area (Å²) < 4.78 is 5.76. The Labute approximate surface area is 204 Å². The van der Waals surface area contributed by atoms with E-state index in [1.807, 2.05) is 49.4 Å². The fraction of sp³-hybridized carbons (Fsp3) is 0.0800. The van der Waals surface area contributed by atoms with Gasteiger partial charge in [0.25, 0.3) is 5.91 Å². The number of hydrogen-bond acceptors (Lipinski definition) is 5. The summed E-state index contributed by atoms with van der Waals surface area (Å²) in [5.41, 5.74) is 2.70. The Hall–Kier alpha value is -3.37. The van der Waals surface area contributed by atoms with Crippen LogP contribution in [0.1, 0.15) is 21.8 Å². The van der Waals surface area contributed by atoms with Crippen molar-refractivity contribution in [2.24, 2.45) is 0 Å². The molecule has 0 saturated carbocycles. The number of nitrogens with one attached hydrogen (secondary N) is 1. The van der Waals surface area contributed by atoms with Gasteiger partial charge in [-0.15, -0.1) is 11.3 Å². The van der Waals surface area contributed by atoms with Crippen LogP contribution in [0.25, 0.3) is 17.4 Å². The molecule has 0 spiro atoms. The highest BCUT2D eigenvalue weighted by Crippen LogP contribution is 2.30. The summed E-state index contributed by atoms with van der Waals surface area (Å²) >= 11 is 13.7. The van der Waals surface area contributed by atoms with Gasteiger partial charge in [0.15, 0.2) is 5.13 Å². The summed E-state index contributed by atoms with van der Waals surface area (Å²) in [6.45, 7) is 1.95. The highest BCUT2D eigenvalue weighted by Gasteiger charge is 2.14. The molecule has 5 nitrogen and oxygen atoms in total. The maximum absolute atomic E-state index is 12.6. The Bertz CT molecular complexity index is 1400. The second-order valence-electron chi connectivity index (χ2n) is 7.20.